The number of fused-ring (bicyclic) bond motifs is 2. The van der Waals surface area contributed by atoms with E-state index in [4.69, 9.17) is 27.6 Å². The van der Waals surface area contributed by atoms with E-state index in [-0.39, 0.29) is 0 Å². The number of hydrogen-bond acceptors (Lipinski definition) is 6. The second-order valence-electron chi connectivity index (χ2n) is 6.90. The van der Waals surface area contributed by atoms with Crippen LogP contribution in [0.15, 0.2) is 46.2 Å². The topological polar surface area (TPSA) is 68.2 Å². The fraction of sp³-hybridized carbons (Fsp3) is 0.150. The molecule has 3 heterocycles. The molecule has 0 aliphatic carbocycles. The van der Waals surface area contributed by atoms with Gasteiger partial charge in [-0.1, -0.05) is 43.1 Å². The molecular formula is C20H15Cl2N5OS. The van der Waals surface area contributed by atoms with Gasteiger partial charge in [0.1, 0.15) is 5.52 Å². The summed E-state index contributed by atoms with van der Waals surface area (Å²) in [6.07, 6.45) is 0. The number of nitrogens with zero attached hydrogens (tertiary/aromatic N) is 4. The number of rotatable bonds is 4. The summed E-state index contributed by atoms with van der Waals surface area (Å²) in [5.41, 5.74) is 4.33. The Kier molecular flexibility index (Phi) is 4.46. The summed E-state index contributed by atoms with van der Waals surface area (Å²) in [6, 6.07) is 11.7. The standard InChI is InChI=1S/C20H15Cl2N5OS/c1-10(2)11-3-6-17-15(7-11)23-19(28-17)24-18-25-20-27(26-18)16(9-29-20)13-8-12(21)4-5-14(13)22/h3-10H,1-2H3,(H,23,24,26). The molecule has 0 amide bonds. The molecular weight excluding hydrogens is 429 g/mol. The van der Waals surface area contributed by atoms with Gasteiger partial charge in [0.25, 0.3) is 5.95 Å². The van der Waals surface area contributed by atoms with Crippen molar-refractivity contribution in [3.63, 3.8) is 0 Å². The molecule has 0 atom stereocenters. The van der Waals surface area contributed by atoms with E-state index in [0.29, 0.717) is 33.5 Å². The van der Waals surface area contributed by atoms with Gasteiger partial charge < -0.3 is 4.42 Å². The number of thiazole rings is 1. The van der Waals surface area contributed by atoms with Crippen molar-refractivity contribution in [2.45, 2.75) is 19.8 Å². The quantitative estimate of drug-likeness (QED) is 0.331. The Morgan fingerprint density at radius 2 is 1.97 bits per heavy atom. The molecule has 0 spiro atoms. The molecule has 2 aromatic carbocycles. The predicted octanol–water partition coefficient (Wildman–Crippen LogP) is 6.77. The van der Waals surface area contributed by atoms with Crippen molar-refractivity contribution < 1.29 is 4.42 Å². The first-order valence-electron chi connectivity index (χ1n) is 8.95. The van der Waals surface area contributed by atoms with Gasteiger partial charge in [-0.05, 0) is 41.8 Å². The van der Waals surface area contributed by atoms with Crippen LogP contribution >= 0.6 is 34.5 Å². The van der Waals surface area contributed by atoms with Crippen molar-refractivity contribution in [3.05, 3.63) is 57.4 Å². The molecule has 0 radical (unpaired) electrons. The molecule has 0 saturated heterocycles. The van der Waals surface area contributed by atoms with Gasteiger partial charge in [-0.2, -0.15) is 9.97 Å². The molecule has 5 rings (SSSR count). The Hall–Kier alpha value is -2.61. The Balaban J connectivity index is 1.49. The van der Waals surface area contributed by atoms with E-state index in [9.17, 15) is 0 Å². The maximum Gasteiger partial charge on any atom is 0.302 e. The van der Waals surface area contributed by atoms with Gasteiger partial charge >= 0.3 is 6.01 Å². The van der Waals surface area contributed by atoms with Crippen LogP contribution in [-0.4, -0.2) is 19.6 Å². The van der Waals surface area contributed by atoms with Gasteiger partial charge in [-0.3, -0.25) is 5.32 Å². The molecule has 0 aliphatic rings. The number of nitrogens with one attached hydrogen (secondary N) is 1. The monoisotopic (exact) mass is 443 g/mol. The molecule has 146 valence electrons. The highest BCUT2D eigenvalue weighted by Crippen LogP contribution is 2.33. The van der Waals surface area contributed by atoms with Gasteiger partial charge in [0.05, 0.1) is 10.7 Å². The predicted molar refractivity (Wildman–Crippen MR) is 118 cm³/mol. The summed E-state index contributed by atoms with van der Waals surface area (Å²) in [6.45, 7) is 4.29. The molecule has 6 nitrogen and oxygen atoms in total. The largest absolute Gasteiger partial charge is 0.423 e. The van der Waals surface area contributed by atoms with Crippen molar-refractivity contribution in [1.82, 2.24) is 19.6 Å². The van der Waals surface area contributed by atoms with E-state index in [1.165, 1.54) is 16.9 Å². The van der Waals surface area contributed by atoms with Gasteiger partial charge in [0.15, 0.2) is 5.58 Å². The number of anilines is 2. The van der Waals surface area contributed by atoms with E-state index >= 15 is 0 Å². The first-order valence-corrected chi connectivity index (χ1v) is 10.6. The first-order chi connectivity index (χ1) is 14.0. The van der Waals surface area contributed by atoms with Gasteiger partial charge in [0, 0.05) is 16.0 Å². The second-order valence-corrected chi connectivity index (χ2v) is 8.58. The summed E-state index contributed by atoms with van der Waals surface area (Å²) in [7, 11) is 0. The highest BCUT2D eigenvalue weighted by atomic mass is 35.5. The molecule has 9 heteroatoms. The fourth-order valence-corrected chi connectivity index (χ4v) is 4.27. The van der Waals surface area contributed by atoms with Crippen molar-refractivity contribution in [2.24, 2.45) is 0 Å². The van der Waals surface area contributed by atoms with Crippen LogP contribution in [-0.2, 0) is 0 Å². The molecule has 0 bridgehead atoms. The van der Waals surface area contributed by atoms with Crippen molar-refractivity contribution in [1.29, 1.82) is 0 Å². The van der Waals surface area contributed by atoms with Crippen LogP contribution in [0.3, 0.4) is 0 Å². The fourth-order valence-electron chi connectivity index (χ4n) is 3.07. The lowest BCUT2D eigenvalue weighted by Gasteiger charge is -2.02. The molecule has 3 aromatic heterocycles. The number of halogens is 2. The summed E-state index contributed by atoms with van der Waals surface area (Å²) in [5, 5.41) is 10.7. The van der Waals surface area contributed by atoms with Crippen LogP contribution in [0.2, 0.25) is 10.0 Å². The van der Waals surface area contributed by atoms with E-state index < -0.39 is 0 Å². The van der Waals surface area contributed by atoms with E-state index in [1.54, 1.807) is 16.6 Å². The number of aromatic nitrogens is 4. The summed E-state index contributed by atoms with van der Waals surface area (Å²) in [4.78, 5) is 9.73. The first kappa shape index (κ1) is 18.4. The zero-order valence-corrected chi connectivity index (χ0v) is 17.8. The Labute approximate surface area is 180 Å². The summed E-state index contributed by atoms with van der Waals surface area (Å²) in [5.74, 6) is 0.817. The lowest BCUT2D eigenvalue weighted by atomic mass is 10.0. The molecule has 0 unspecified atom stereocenters. The van der Waals surface area contributed by atoms with Crippen molar-refractivity contribution in [2.75, 3.05) is 5.32 Å². The van der Waals surface area contributed by atoms with E-state index in [1.807, 2.05) is 29.6 Å². The van der Waals surface area contributed by atoms with Crippen LogP contribution in [0, 0.1) is 0 Å². The van der Waals surface area contributed by atoms with Gasteiger partial charge in [0.2, 0.25) is 4.96 Å². The highest BCUT2D eigenvalue weighted by Gasteiger charge is 2.16. The second kappa shape index (κ2) is 7.02. The average Bonchev–Trinajstić information content (AvgIpc) is 3.36. The van der Waals surface area contributed by atoms with Crippen LogP contribution in [0.4, 0.5) is 12.0 Å². The molecule has 1 N–H and O–H groups in total. The van der Waals surface area contributed by atoms with Crippen LogP contribution < -0.4 is 5.32 Å². The summed E-state index contributed by atoms with van der Waals surface area (Å²) < 4.78 is 7.51. The Morgan fingerprint density at radius 1 is 1.10 bits per heavy atom. The lowest BCUT2D eigenvalue weighted by Crippen LogP contribution is -1.94. The molecule has 5 aromatic rings. The Bertz CT molecular complexity index is 1350. The average molecular weight is 444 g/mol. The third-order valence-electron chi connectivity index (χ3n) is 4.58. The smallest absolute Gasteiger partial charge is 0.302 e. The minimum Gasteiger partial charge on any atom is -0.423 e. The maximum atomic E-state index is 6.35. The van der Waals surface area contributed by atoms with Crippen molar-refractivity contribution in [3.8, 4) is 11.3 Å². The number of benzene rings is 2. The van der Waals surface area contributed by atoms with Gasteiger partial charge in [-0.25, -0.2) is 4.52 Å². The number of oxazole rings is 1. The third kappa shape index (κ3) is 3.35. The van der Waals surface area contributed by atoms with Gasteiger partial charge in [-0.15, -0.1) is 16.4 Å². The minimum absolute atomic E-state index is 0.349. The van der Waals surface area contributed by atoms with E-state index in [0.717, 1.165) is 21.7 Å². The minimum atomic E-state index is 0.349. The molecule has 0 saturated carbocycles. The zero-order valence-electron chi connectivity index (χ0n) is 15.5. The summed E-state index contributed by atoms with van der Waals surface area (Å²) >= 11 is 13.9. The van der Waals surface area contributed by atoms with Crippen LogP contribution in [0.1, 0.15) is 25.3 Å². The SMILES string of the molecule is CC(C)c1ccc2oc(Nc3nc4scc(-c5cc(Cl)ccc5Cl)n4n3)nc2c1. The molecule has 0 aliphatic heterocycles. The molecule has 29 heavy (non-hydrogen) atoms. The third-order valence-corrected chi connectivity index (χ3v) is 5.96. The molecule has 0 fully saturated rings. The van der Waals surface area contributed by atoms with Crippen molar-refractivity contribution >= 4 is 62.6 Å². The zero-order chi connectivity index (χ0) is 20.1. The highest BCUT2D eigenvalue weighted by molar-refractivity contribution is 7.15. The maximum absolute atomic E-state index is 6.35. The van der Waals surface area contributed by atoms with Crippen LogP contribution in [0.25, 0.3) is 27.3 Å². The van der Waals surface area contributed by atoms with E-state index in [2.05, 4.69) is 34.2 Å². The Morgan fingerprint density at radius 3 is 2.79 bits per heavy atom. The lowest BCUT2D eigenvalue weighted by molar-refractivity contribution is 0.621. The van der Waals surface area contributed by atoms with Crippen LogP contribution in [0.5, 0.6) is 0 Å². The number of hydrogen-bond donors (Lipinski definition) is 1. The normalized spacial score (nSPS) is 11.8.